The Morgan fingerprint density at radius 3 is 1.80 bits per heavy atom. The largest absolute Gasteiger partial charge is 0.383 e. The van der Waals surface area contributed by atoms with Gasteiger partial charge < -0.3 is 5.32 Å². The Morgan fingerprint density at radius 1 is 0.743 bits per heavy atom. The van der Waals surface area contributed by atoms with Crippen molar-refractivity contribution in [3.8, 4) is 0 Å². The lowest BCUT2D eigenvalue weighted by molar-refractivity contribution is 0.479. The number of anilines is 1. The molecule has 2 rings (SSSR count). The summed E-state index contributed by atoms with van der Waals surface area (Å²) in [5.74, 6) is 0. The Balaban J connectivity index is 2.07. The standard InChI is InChI=1S/C27H41NO5S2/c1-4-5-6-7-8-9-10-11-12-13-14-23-15-20-26(35(31,32)33)27(21-23)34(29,30)25-18-16-24(17-19-25)28-22(2)3/h15-22,28H,4-14H2,1-3H3,(H,31,32,33). The van der Waals surface area contributed by atoms with E-state index >= 15 is 0 Å². The first-order chi connectivity index (χ1) is 16.6. The van der Waals surface area contributed by atoms with E-state index in [1.807, 2.05) is 13.8 Å². The van der Waals surface area contributed by atoms with Crippen molar-refractivity contribution in [2.24, 2.45) is 0 Å². The van der Waals surface area contributed by atoms with Crippen LogP contribution in [0.1, 0.15) is 90.5 Å². The fourth-order valence-corrected chi connectivity index (χ4v) is 6.72. The SMILES string of the molecule is CCCCCCCCCCCCc1ccc(S(=O)(=O)O)c(S(=O)(=O)c2ccc(NC(C)C)cc2)c1. The van der Waals surface area contributed by atoms with E-state index in [0.29, 0.717) is 6.42 Å². The molecule has 0 saturated carbocycles. The zero-order valence-electron chi connectivity index (χ0n) is 21.3. The predicted molar refractivity (Wildman–Crippen MR) is 142 cm³/mol. The molecule has 2 aromatic rings. The third-order valence-corrected chi connectivity index (χ3v) is 8.87. The summed E-state index contributed by atoms with van der Waals surface area (Å²) in [4.78, 5) is -0.990. The molecule has 35 heavy (non-hydrogen) atoms. The van der Waals surface area contributed by atoms with Gasteiger partial charge in [-0.15, -0.1) is 0 Å². The van der Waals surface area contributed by atoms with Crippen molar-refractivity contribution in [1.82, 2.24) is 0 Å². The van der Waals surface area contributed by atoms with Crippen molar-refractivity contribution in [3.05, 3.63) is 48.0 Å². The normalized spacial score (nSPS) is 12.3. The fourth-order valence-electron chi connectivity index (χ4n) is 4.14. The van der Waals surface area contributed by atoms with Crippen molar-refractivity contribution >= 4 is 25.6 Å². The van der Waals surface area contributed by atoms with E-state index in [1.54, 1.807) is 18.2 Å². The summed E-state index contributed by atoms with van der Waals surface area (Å²) in [5.41, 5.74) is 1.51. The van der Waals surface area contributed by atoms with E-state index in [4.69, 9.17) is 0 Å². The first kappa shape index (κ1) is 29.3. The molecule has 0 heterocycles. The zero-order chi connectivity index (χ0) is 25.9. The molecule has 8 heteroatoms. The summed E-state index contributed by atoms with van der Waals surface area (Å²) in [7, 11) is -8.84. The lowest BCUT2D eigenvalue weighted by Crippen LogP contribution is -2.12. The monoisotopic (exact) mass is 523 g/mol. The minimum atomic E-state index is -4.70. The third-order valence-electron chi connectivity index (χ3n) is 6.01. The molecule has 0 radical (unpaired) electrons. The minimum absolute atomic E-state index is 0.0206. The summed E-state index contributed by atoms with van der Waals surface area (Å²) in [6.07, 6.45) is 12.7. The molecule has 2 aromatic carbocycles. The minimum Gasteiger partial charge on any atom is -0.383 e. The molecule has 0 aliphatic carbocycles. The van der Waals surface area contributed by atoms with Gasteiger partial charge in [0.05, 0.1) is 9.79 Å². The average molecular weight is 524 g/mol. The van der Waals surface area contributed by atoms with Crippen molar-refractivity contribution in [3.63, 3.8) is 0 Å². The predicted octanol–water partition coefficient (Wildman–Crippen LogP) is 7.05. The van der Waals surface area contributed by atoms with Crippen LogP contribution in [-0.2, 0) is 26.4 Å². The second-order valence-electron chi connectivity index (χ2n) is 9.51. The molecule has 2 N–H and O–H groups in total. The highest BCUT2D eigenvalue weighted by molar-refractivity contribution is 7.92. The summed E-state index contributed by atoms with van der Waals surface area (Å²) < 4.78 is 60.2. The number of rotatable bonds is 16. The van der Waals surface area contributed by atoms with Gasteiger partial charge in [0.2, 0.25) is 9.84 Å². The molecule has 0 atom stereocenters. The number of aryl methyl sites for hydroxylation is 1. The lowest BCUT2D eigenvalue weighted by Gasteiger charge is -2.13. The van der Waals surface area contributed by atoms with Gasteiger partial charge in [-0.25, -0.2) is 8.42 Å². The first-order valence-electron chi connectivity index (χ1n) is 12.8. The van der Waals surface area contributed by atoms with Crippen LogP contribution in [-0.4, -0.2) is 27.4 Å². The molecule has 0 unspecified atom stereocenters. The first-order valence-corrected chi connectivity index (χ1v) is 15.7. The van der Waals surface area contributed by atoms with Gasteiger partial charge in [-0.05, 0) is 68.7 Å². The Morgan fingerprint density at radius 2 is 1.29 bits per heavy atom. The molecule has 0 fully saturated rings. The lowest BCUT2D eigenvalue weighted by atomic mass is 10.0. The van der Waals surface area contributed by atoms with Gasteiger partial charge in [-0.3, -0.25) is 4.55 Å². The third kappa shape index (κ3) is 9.58. The van der Waals surface area contributed by atoms with Crippen LogP contribution >= 0.6 is 0 Å². The fraction of sp³-hybridized carbons (Fsp3) is 0.556. The highest BCUT2D eigenvalue weighted by Gasteiger charge is 2.27. The van der Waals surface area contributed by atoms with Gasteiger partial charge >= 0.3 is 0 Å². The maximum absolute atomic E-state index is 13.3. The topological polar surface area (TPSA) is 101 Å². The van der Waals surface area contributed by atoms with E-state index in [1.165, 1.54) is 69.2 Å². The van der Waals surface area contributed by atoms with Crippen molar-refractivity contribution in [2.75, 3.05) is 5.32 Å². The van der Waals surface area contributed by atoms with Crippen LogP contribution in [0.15, 0.2) is 57.2 Å². The number of sulfone groups is 1. The van der Waals surface area contributed by atoms with E-state index in [-0.39, 0.29) is 15.8 Å². The summed E-state index contributed by atoms with van der Waals surface area (Å²) in [6, 6.07) is 10.6. The average Bonchev–Trinajstić information content (AvgIpc) is 2.79. The van der Waals surface area contributed by atoms with Crippen molar-refractivity contribution in [1.29, 1.82) is 0 Å². The molecule has 196 valence electrons. The molecule has 0 bridgehead atoms. The molecule has 0 saturated heterocycles. The maximum atomic E-state index is 13.3. The number of hydrogen-bond acceptors (Lipinski definition) is 5. The van der Waals surface area contributed by atoms with Gasteiger partial charge in [0, 0.05) is 11.7 Å². The van der Waals surface area contributed by atoms with Crippen LogP contribution in [0.2, 0.25) is 0 Å². The quantitative estimate of drug-likeness (QED) is 0.181. The number of unbranched alkanes of at least 4 members (excludes halogenated alkanes) is 9. The van der Waals surface area contributed by atoms with E-state index < -0.39 is 24.9 Å². The summed E-state index contributed by atoms with van der Waals surface area (Å²) in [5, 5.41) is 3.19. The van der Waals surface area contributed by atoms with Gasteiger partial charge in [0.15, 0.2) is 0 Å². The van der Waals surface area contributed by atoms with Gasteiger partial charge in [0.25, 0.3) is 10.1 Å². The van der Waals surface area contributed by atoms with Gasteiger partial charge in [-0.1, -0.05) is 70.8 Å². The number of nitrogens with one attached hydrogen (secondary N) is 1. The molecule has 0 aliphatic rings. The Kier molecular flexibility index (Phi) is 11.7. The Hall–Kier alpha value is -1.90. The number of hydrogen-bond donors (Lipinski definition) is 2. The number of benzene rings is 2. The van der Waals surface area contributed by atoms with Crippen molar-refractivity contribution in [2.45, 2.75) is 112 Å². The van der Waals surface area contributed by atoms with E-state index in [0.717, 1.165) is 30.5 Å². The molecular weight excluding hydrogens is 482 g/mol. The van der Waals surface area contributed by atoms with Gasteiger partial charge in [0.1, 0.15) is 4.90 Å². The molecule has 0 aliphatic heterocycles. The highest BCUT2D eigenvalue weighted by atomic mass is 32.2. The van der Waals surface area contributed by atoms with E-state index in [2.05, 4.69) is 12.2 Å². The van der Waals surface area contributed by atoms with Crippen LogP contribution < -0.4 is 5.32 Å². The summed E-state index contributed by atoms with van der Waals surface area (Å²) in [6.45, 7) is 6.17. The molecule has 6 nitrogen and oxygen atoms in total. The van der Waals surface area contributed by atoms with Crippen LogP contribution in [0.3, 0.4) is 0 Å². The van der Waals surface area contributed by atoms with Crippen LogP contribution in [0, 0.1) is 0 Å². The summed E-state index contributed by atoms with van der Waals surface area (Å²) >= 11 is 0. The Labute approximate surface area is 212 Å². The maximum Gasteiger partial charge on any atom is 0.295 e. The smallest absolute Gasteiger partial charge is 0.295 e. The Bertz CT molecular complexity index is 1120. The molecule has 0 aromatic heterocycles. The highest BCUT2D eigenvalue weighted by Crippen LogP contribution is 2.29. The van der Waals surface area contributed by atoms with Crippen LogP contribution in [0.5, 0.6) is 0 Å². The van der Waals surface area contributed by atoms with Crippen molar-refractivity contribution < 1.29 is 21.4 Å². The van der Waals surface area contributed by atoms with E-state index in [9.17, 15) is 21.4 Å². The molecule has 0 spiro atoms. The van der Waals surface area contributed by atoms with Crippen LogP contribution in [0.4, 0.5) is 5.69 Å². The second-order valence-corrected chi connectivity index (χ2v) is 12.8. The zero-order valence-corrected chi connectivity index (χ0v) is 22.9. The second kappa shape index (κ2) is 14.0. The van der Waals surface area contributed by atoms with Crippen LogP contribution in [0.25, 0.3) is 0 Å². The molecular formula is C27H41NO5S2. The molecule has 0 amide bonds. The van der Waals surface area contributed by atoms with Gasteiger partial charge in [-0.2, -0.15) is 8.42 Å².